The fourth-order valence-corrected chi connectivity index (χ4v) is 1.54. The van der Waals surface area contributed by atoms with Crippen LogP contribution in [-0.2, 0) is 47.5 Å². The number of esters is 2. The van der Waals surface area contributed by atoms with Gasteiger partial charge in [-0.15, -0.1) is 0 Å². The molecule has 0 spiro atoms. The molecule has 0 fully saturated rings. The zero-order valence-corrected chi connectivity index (χ0v) is 18.3. The SMILES string of the molecule is CCOCCOCCOCCOC(C)=O.COCCOCCOCCOC(C)=O. The summed E-state index contributed by atoms with van der Waals surface area (Å²) in [6, 6.07) is 0. The maximum absolute atomic E-state index is 10.4. The van der Waals surface area contributed by atoms with Crippen molar-refractivity contribution in [3.8, 4) is 0 Å². The largest absolute Gasteiger partial charge is 0.463 e. The Morgan fingerprint density at radius 2 is 0.828 bits per heavy atom. The summed E-state index contributed by atoms with van der Waals surface area (Å²) in [6.45, 7) is 11.3. The van der Waals surface area contributed by atoms with Crippen molar-refractivity contribution in [2.45, 2.75) is 20.8 Å². The maximum atomic E-state index is 10.4. The predicted molar refractivity (Wildman–Crippen MR) is 105 cm³/mol. The van der Waals surface area contributed by atoms with Gasteiger partial charge in [-0.3, -0.25) is 9.59 Å². The highest BCUT2D eigenvalue weighted by atomic mass is 16.6. The molecule has 10 nitrogen and oxygen atoms in total. The quantitative estimate of drug-likeness (QED) is 0.218. The van der Waals surface area contributed by atoms with E-state index in [1.807, 2.05) is 6.92 Å². The molecule has 0 aliphatic rings. The van der Waals surface area contributed by atoms with Crippen LogP contribution in [0.3, 0.4) is 0 Å². The molecule has 174 valence electrons. The summed E-state index contributed by atoms with van der Waals surface area (Å²) in [7, 11) is 1.62. The van der Waals surface area contributed by atoms with E-state index in [9.17, 15) is 9.59 Å². The predicted octanol–water partition coefficient (Wildman–Crippen LogP) is 0.848. The molecular weight excluding hydrogens is 388 g/mol. The summed E-state index contributed by atoms with van der Waals surface area (Å²) in [5.74, 6) is -0.573. The minimum Gasteiger partial charge on any atom is -0.463 e. The summed E-state index contributed by atoms with van der Waals surface area (Å²) in [4.78, 5) is 20.7. The molecule has 0 bridgehead atoms. The lowest BCUT2D eigenvalue weighted by Crippen LogP contribution is -2.12. The van der Waals surface area contributed by atoms with Gasteiger partial charge >= 0.3 is 11.9 Å². The Labute approximate surface area is 174 Å². The van der Waals surface area contributed by atoms with Crippen LogP contribution in [0.25, 0.3) is 0 Å². The molecule has 0 aromatic heterocycles. The Morgan fingerprint density at radius 1 is 0.517 bits per heavy atom. The van der Waals surface area contributed by atoms with E-state index in [1.54, 1.807) is 7.11 Å². The summed E-state index contributed by atoms with van der Waals surface area (Å²) >= 11 is 0. The van der Waals surface area contributed by atoms with Crippen LogP contribution in [-0.4, -0.2) is 105 Å². The third kappa shape index (κ3) is 34.6. The molecule has 10 heteroatoms. The monoisotopic (exact) mass is 426 g/mol. The molecule has 0 aliphatic carbocycles. The third-order valence-corrected chi connectivity index (χ3v) is 2.82. The first-order valence-electron chi connectivity index (χ1n) is 9.68. The van der Waals surface area contributed by atoms with E-state index < -0.39 is 0 Å². The van der Waals surface area contributed by atoms with Gasteiger partial charge in [0.1, 0.15) is 13.2 Å². The minimum atomic E-state index is -0.287. The lowest BCUT2D eigenvalue weighted by molar-refractivity contribution is -0.143. The zero-order chi connectivity index (χ0) is 22.0. The van der Waals surface area contributed by atoms with Crippen LogP contribution in [0.4, 0.5) is 0 Å². The molecule has 0 amide bonds. The molecular formula is C19H38O10. The van der Waals surface area contributed by atoms with Gasteiger partial charge in [0.05, 0.1) is 66.1 Å². The number of carbonyl (C=O) groups excluding carboxylic acids is 2. The zero-order valence-electron chi connectivity index (χ0n) is 18.3. The molecule has 0 saturated carbocycles. The molecule has 0 saturated heterocycles. The van der Waals surface area contributed by atoms with Crippen LogP contribution in [0, 0.1) is 0 Å². The number of hydrogen-bond acceptors (Lipinski definition) is 10. The number of carbonyl (C=O) groups is 2. The molecule has 0 N–H and O–H groups in total. The van der Waals surface area contributed by atoms with Crippen LogP contribution in [0.15, 0.2) is 0 Å². The van der Waals surface area contributed by atoms with E-state index in [0.717, 1.165) is 0 Å². The van der Waals surface area contributed by atoms with Gasteiger partial charge in [-0.1, -0.05) is 0 Å². The van der Waals surface area contributed by atoms with Crippen molar-refractivity contribution in [1.29, 1.82) is 0 Å². The van der Waals surface area contributed by atoms with E-state index in [1.165, 1.54) is 13.8 Å². The maximum Gasteiger partial charge on any atom is 0.302 e. The first kappa shape index (κ1) is 29.9. The van der Waals surface area contributed by atoms with Crippen molar-refractivity contribution >= 4 is 11.9 Å². The van der Waals surface area contributed by atoms with Crippen LogP contribution < -0.4 is 0 Å². The van der Waals surface area contributed by atoms with Crippen molar-refractivity contribution in [2.24, 2.45) is 0 Å². The Bertz CT molecular complexity index is 352. The topological polar surface area (TPSA) is 108 Å². The van der Waals surface area contributed by atoms with Gasteiger partial charge in [0.25, 0.3) is 0 Å². The third-order valence-electron chi connectivity index (χ3n) is 2.82. The molecule has 0 heterocycles. The van der Waals surface area contributed by atoms with Gasteiger partial charge in [-0.25, -0.2) is 0 Å². The first-order chi connectivity index (χ1) is 14.0. The highest BCUT2D eigenvalue weighted by Crippen LogP contribution is 1.83. The fraction of sp³-hybridized carbons (Fsp3) is 0.895. The molecule has 0 radical (unpaired) electrons. The molecule has 0 unspecified atom stereocenters. The van der Waals surface area contributed by atoms with Crippen LogP contribution in [0.2, 0.25) is 0 Å². The van der Waals surface area contributed by atoms with E-state index in [0.29, 0.717) is 85.9 Å². The van der Waals surface area contributed by atoms with Gasteiger partial charge in [-0.05, 0) is 6.92 Å². The van der Waals surface area contributed by atoms with Gasteiger partial charge in [0, 0.05) is 27.6 Å². The first-order valence-corrected chi connectivity index (χ1v) is 9.68. The molecule has 0 aromatic rings. The van der Waals surface area contributed by atoms with Crippen molar-refractivity contribution in [3.63, 3.8) is 0 Å². The van der Waals surface area contributed by atoms with Crippen molar-refractivity contribution in [3.05, 3.63) is 0 Å². The average molecular weight is 427 g/mol. The number of ether oxygens (including phenoxy) is 8. The summed E-state index contributed by atoms with van der Waals surface area (Å²) in [6.07, 6.45) is 0. The lowest BCUT2D eigenvalue weighted by atomic mass is 10.7. The highest BCUT2D eigenvalue weighted by Gasteiger charge is 1.94. The smallest absolute Gasteiger partial charge is 0.302 e. The van der Waals surface area contributed by atoms with Crippen molar-refractivity contribution in [1.82, 2.24) is 0 Å². The highest BCUT2D eigenvalue weighted by molar-refractivity contribution is 5.66. The van der Waals surface area contributed by atoms with Gasteiger partial charge < -0.3 is 37.9 Å². The van der Waals surface area contributed by atoms with Crippen molar-refractivity contribution < 1.29 is 47.5 Å². The van der Waals surface area contributed by atoms with Crippen molar-refractivity contribution in [2.75, 3.05) is 93.0 Å². The van der Waals surface area contributed by atoms with E-state index in [-0.39, 0.29) is 11.9 Å². The lowest BCUT2D eigenvalue weighted by Gasteiger charge is -2.05. The second kappa shape index (κ2) is 26.7. The minimum absolute atomic E-state index is 0.286. The van der Waals surface area contributed by atoms with Gasteiger partial charge in [-0.2, -0.15) is 0 Å². The van der Waals surface area contributed by atoms with Crippen LogP contribution in [0.1, 0.15) is 20.8 Å². The normalized spacial score (nSPS) is 10.2. The Kier molecular flexibility index (Phi) is 27.5. The Morgan fingerprint density at radius 3 is 1.14 bits per heavy atom. The van der Waals surface area contributed by atoms with E-state index >= 15 is 0 Å². The standard InChI is InChI=1S/C10H20O5.C9H18O5/c1-3-12-4-5-13-6-7-14-8-9-15-10(2)11;1-9(10)14-8-7-13-6-5-12-4-3-11-2/h3-9H2,1-2H3;3-8H2,1-2H3. The van der Waals surface area contributed by atoms with Crippen LogP contribution in [0.5, 0.6) is 0 Å². The van der Waals surface area contributed by atoms with E-state index in [4.69, 9.17) is 28.4 Å². The molecule has 29 heavy (non-hydrogen) atoms. The molecule has 0 aromatic carbocycles. The number of hydrogen-bond donors (Lipinski definition) is 0. The van der Waals surface area contributed by atoms with E-state index in [2.05, 4.69) is 9.47 Å². The van der Waals surface area contributed by atoms with Gasteiger partial charge in [0.2, 0.25) is 0 Å². The Hall–Kier alpha value is -1.30. The number of methoxy groups -OCH3 is 1. The Balaban J connectivity index is 0. The van der Waals surface area contributed by atoms with Gasteiger partial charge in [0.15, 0.2) is 0 Å². The second-order valence-electron chi connectivity index (χ2n) is 5.32. The molecule has 0 aliphatic heterocycles. The van der Waals surface area contributed by atoms with Crippen LogP contribution >= 0.6 is 0 Å². The number of rotatable bonds is 19. The second-order valence-corrected chi connectivity index (χ2v) is 5.32. The fourth-order valence-electron chi connectivity index (χ4n) is 1.54. The summed E-state index contributed by atoms with van der Waals surface area (Å²) in [5, 5.41) is 0. The summed E-state index contributed by atoms with van der Waals surface area (Å²) in [5.41, 5.74) is 0. The molecule has 0 rings (SSSR count). The summed E-state index contributed by atoms with van der Waals surface area (Å²) < 4.78 is 39.8. The average Bonchev–Trinajstić information content (AvgIpc) is 2.68. The molecule has 0 atom stereocenters.